The van der Waals surface area contributed by atoms with Crippen LogP contribution in [0.1, 0.15) is 80.5 Å². The van der Waals surface area contributed by atoms with Crippen LogP contribution >= 0.6 is 11.6 Å². The van der Waals surface area contributed by atoms with Crippen LogP contribution in [0.4, 0.5) is 0 Å². The largest absolute Gasteiger partial charge is 0.412 e. The van der Waals surface area contributed by atoms with Gasteiger partial charge in [-0.1, -0.05) is 55.8 Å². The standard InChI is InChI=1S/C34H51ClO4Si2/c1-9-30-23(2)31(38-40(3,4)5)32(39-41(6,7)8)34(36,37-30)28-14-15-29(35)27(21-28)20-24-10-12-25(13-11-24)26-16-17-33(22-26)18-19-33/h10-15,21,23,26,30-32,36H,9,16-20,22H2,1-8H3/t23-,26?,30-,31+,32-,34?/m1/s1. The van der Waals surface area contributed by atoms with Crippen molar-refractivity contribution in [2.24, 2.45) is 11.3 Å². The number of halogens is 1. The van der Waals surface area contributed by atoms with Gasteiger partial charge in [0.1, 0.15) is 6.10 Å². The van der Waals surface area contributed by atoms with Gasteiger partial charge in [-0.3, -0.25) is 0 Å². The molecule has 226 valence electrons. The summed E-state index contributed by atoms with van der Waals surface area (Å²) in [6, 6.07) is 15.0. The van der Waals surface area contributed by atoms with Crippen LogP contribution in [0.15, 0.2) is 42.5 Å². The molecule has 3 fully saturated rings. The van der Waals surface area contributed by atoms with E-state index in [1.54, 1.807) is 0 Å². The minimum absolute atomic E-state index is 0.0910. The van der Waals surface area contributed by atoms with E-state index in [1.165, 1.54) is 43.2 Å². The maximum absolute atomic E-state index is 12.5. The Kier molecular flexibility index (Phi) is 8.81. The van der Waals surface area contributed by atoms with Crippen molar-refractivity contribution in [2.75, 3.05) is 0 Å². The molecule has 1 saturated heterocycles. The van der Waals surface area contributed by atoms with Crippen molar-refractivity contribution in [3.63, 3.8) is 0 Å². The second-order valence-electron chi connectivity index (χ2n) is 15.1. The normalized spacial score (nSPS) is 31.5. The Morgan fingerprint density at radius 3 is 2.17 bits per heavy atom. The molecule has 3 aliphatic rings. The molecule has 2 aromatic rings. The lowest BCUT2D eigenvalue weighted by Gasteiger charge is -2.53. The Bertz CT molecular complexity index is 1220. The molecule has 7 heteroatoms. The van der Waals surface area contributed by atoms with Gasteiger partial charge in [-0.05, 0) is 124 Å². The molecule has 0 amide bonds. The monoisotopic (exact) mass is 614 g/mol. The highest BCUT2D eigenvalue weighted by atomic mass is 35.5. The first-order valence-corrected chi connectivity index (χ1v) is 22.9. The summed E-state index contributed by atoms with van der Waals surface area (Å²) < 4.78 is 20.2. The Hall–Kier alpha value is -0.996. The highest BCUT2D eigenvalue weighted by molar-refractivity contribution is 6.70. The van der Waals surface area contributed by atoms with Gasteiger partial charge in [0.15, 0.2) is 16.6 Å². The van der Waals surface area contributed by atoms with Gasteiger partial charge in [-0.25, -0.2) is 0 Å². The second-order valence-corrected chi connectivity index (χ2v) is 24.5. The average molecular weight is 615 g/mol. The highest BCUT2D eigenvalue weighted by Gasteiger charge is 2.56. The summed E-state index contributed by atoms with van der Waals surface area (Å²) in [4.78, 5) is 0. The smallest absolute Gasteiger partial charge is 0.221 e. The molecule has 0 radical (unpaired) electrons. The van der Waals surface area contributed by atoms with E-state index in [1.807, 2.05) is 18.2 Å². The van der Waals surface area contributed by atoms with Crippen LogP contribution < -0.4 is 0 Å². The van der Waals surface area contributed by atoms with E-state index in [0.717, 1.165) is 12.0 Å². The lowest BCUT2D eigenvalue weighted by atomic mass is 9.82. The fourth-order valence-electron chi connectivity index (χ4n) is 7.09. The number of hydrogen-bond acceptors (Lipinski definition) is 4. The number of benzene rings is 2. The molecule has 1 spiro atoms. The SMILES string of the molecule is CC[C@H]1OC(O)(c2ccc(Cl)c(Cc3ccc(C4CCC5(CC5)C4)cc3)c2)[C@H](O[Si](C)(C)C)[C@@H](O[Si](C)(C)C)[C@@H]1C. The molecule has 6 atom stereocenters. The van der Waals surface area contributed by atoms with E-state index in [9.17, 15) is 5.11 Å². The Morgan fingerprint density at radius 2 is 1.61 bits per heavy atom. The number of rotatable bonds is 9. The van der Waals surface area contributed by atoms with E-state index in [0.29, 0.717) is 28.3 Å². The highest BCUT2D eigenvalue weighted by Crippen LogP contribution is 2.61. The van der Waals surface area contributed by atoms with E-state index < -0.39 is 28.5 Å². The molecule has 5 rings (SSSR count). The van der Waals surface area contributed by atoms with Gasteiger partial charge in [0.05, 0.1) is 12.2 Å². The molecule has 2 aliphatic carbocycles. The summed E-state index contributed by atoms with van der Waals surface area (Å²) in [7, 11) is -4.04. The van der Waals surface area contributed by atoms with E-state index in [-0.39, 0.29) is 18.1 Å². The molecular formula is C34H51ClO4Si2. The fraction of sp³-hybridized carbons (Fsp3) is 0.647. The third-order valence-corrected chi connectivity index (χ3v) is 11.8. The van der Waals surface area contributed by atoms with Crippen molar-refractivity contribution in [3.8, 4) is 0 Å². The van der Waals surface area contributed by atoms with Gasteiger partial charge in [-0.2, -0.15) is 0 Å². The summed E-state index contributed by atoms with van der Waals surface area (Å²) in [5.74, 6) is -0.838. The predicted octanol–water partition coefficient (Wildman–Crippen LogP) is 9.01. The third-order valence-electron chi connectivity index (χ3n) is 9.46. The average Bonchev–Trinajstić information content (AvgIpc) is 3.52. The zero-order chi connectivity index (χ0) is 29.8. The van der Waals surface area contributed by atoms with Crippen LogP contribution in [0.3, 0.4) is 0 Å². The number of hydrogen-bond donors (Lipinski definition) is 1. The minimum Gasteiger partial charge on any atom is -0.412 e. The molecule has 1 aliphatic heterocycles. The zero-order valence-corrected chi connectivity index (χ0v) is 29.2. The quantitative estimate of drug-likeness (QED) is 0.286. The van der Waals surface area contributed by atoms with Gasteiger partial charge >= 0.3 is 0 Å². The van der Waals surface area contributed by atoms with Crippen molar-refractivity contribution in [2.45, 2.75) is 128 Å². The van der Waals surface area contributed by atoms with Crippen LogP contribution in [-0.2, 0) is 25.8 Å². The van der Waals surface area contributed by atoms with Crippen LogP contribution in [0.25, 0.3) is 0 Å². The summed E-state index contributed by atoms with van der Waals surface area (Å²) in [5, 5.41) is 13.2. The summed E-state index contributed by atoms with van der Waals surface area (Å²) in [6.07, 6.45) is 7.37. The molecule has 2 aromatic carbocycles. The maximum Gasteiger partial charge on any atom is 0.221 e. The van der Waals surface area contributed by atoms with Crippen LogP contribution in [-0.4, -0.2) is 40.1 Å². The first-order valence-electron chi connectivity index (χ1n) is 15.7. The first kappa shape index (κ1) is 31.4. The van der Waals surface area contributed by atoms with Crippen molar-refractivity contribution in [1.82, 2.24) is 0 Å². The molecule has 4 nitrogen and oxygen atoms in total. The third kappa shape index (κ3) is 7.06. The van der Waals surface area contributed by atoms with Crippen LogP contribution in [0.5, 0.6) is 0 Å². The van der Waals surface area contributed by atoms with Crippen LogP contribution in [0.2, 0.25) is 44.3 Å². The molecule has 2 saturated carbocycles. The lowest BCUT2D eigenvalue weighted by molar-refractivity contribution is -0.339. The minimum atomic E-state index is -2.08. The van der Waals surface area contributed by atoms with Crippen LogP contribution in [0, 0.1) is 11.3 Å². The van der Waals surface area contributed by atoms with Gasteiger partial charge in [0, 0.05) is 16.5 Å². The molecule has 0 bridgehead atoms. The second kappa shape index (κ2) is 11.5. The fourth-order valence-corrected chi connectivity index (χ4v) is 9.49. The number of ether oxygens (including phenoxy) is 1. The Labute approximate surface area is 255 Å². The maximum atomic E-state index is 12.5. The Balaban J connectivity index is 1.44. The van der Waals surface area contributed by atoms with Gasteiger partial charge < -0.3 is 18.7 Å². The van der Waals surface area contributed by atoms with Crippen molar-refractivity contribution >= 4 is 28.2 Å². The molecule has 0 aromatic heterocycles. The van der Waals surface area contributed by atoms with E-state index in [2.05, 4.69) is 77.4 Å². The first-order chi connectivity index (χ1) is 19.1. The molecule has 1 N–H and O–H groups in total. The molecule has 41 heavy (non-hydrogen) atoms. The Morgan fingerprint density at radius 1 is 0.951 bits per heavy atom. The van der Waals surface area contributed by atoms with Gasteiger partial charge in [0.25, 0.3) is 0 Å². The van der Waals surface area contributed by atoms with E-state index in [4.69, 9.17) is 25.2 Å². The van der Waals surface area contributed by atoms with Crippen molar-refractivity contribution in [3.05, 3.63) is 69.7 Å². The van der Waals surface area contributed by atoms with E-state index >= 15 is 0 Å². The molecular weight excluding hydrogens is 564 g/mol. The topological polar surface area (TPSA) is 47.9 Å². The summed E-state index contributed by atoms with van der Waals surface area (Å²) in [6.45, 7) is 17.3. The lowest BCUT2D eigenvalue weighted by Crippen LogP contribution is -2.64. The summed E-state index contributed by atoms with van der Waals surface area (Å²) >= 11 is 6.78. The van der Waals surface area contributed by atoms with Crippen molar-refractivity contribution in [1.29, 1.82) is 0 Å². The zero-order valence-electron chi connectivity index (χ0n) is 26.4. The van der Waals surface area contributed by atoms with Gasteiger partial charge in [-0.15, -0.1) is 0 Å². The summed E-state index contributed by atoms with van der Waals surface area (Å²) in [5.41, 5.74) is 5.05. The van der Waals surface area contributed by atoms with Crippen molar-refractivity contribution < 1.29 is 18.7 Å². The van der Waals surface area contributed by atoms with Gasteiger partial charge in [0.2, 0.25) is 5.79 Å². The number of aliphatic hydroxyl groups is 1. The molecule has 2 unspecified atom stereocenters. The predicted molar refractivity (Wildman–Crippen MR) is 174 cm³/mol. The molecule has 1 heterocycles.